The van der Waals surface area contributed by atoms with Crippen LogP contribution in [0.3, 0.4) is 0 Å². The van der Waals surface area contributed by atoms with Gasteiger partial charge in [0.05, 0.1) is 5.92 Å². The minimum absolute atomic E-state index is 0.0113. The minimum Gasteiger partial charge on any atom is -0.481 e. The molecule has 0 atom stereocenters. The second-order valence-electron chi connectivity index (χ2n) is 4.19. The van der Waals surface area contributed by atoms with Crippen LogP contribution in [0.15, 0.2) is 0 Å². The highest BCUT2D eigenvalue weighted by molar-refractivity contribution is 5.85. The summed E-state index contributed by atoms with van der Waals surface area (Å²) in [4.78, 5) is 36.8. The molecule has 0 bridgehead atoms. The molecule has 0 aliphatic carbocycles. The maximum absolute atomic E-state index is 11.9. The molecule has 7 nitrogen and oxygen atoms in total. The molecular weight excluding hydrogens is 238 g/mol. The van der Waals surface area contributed by atoms with Crippen LogP contribution in [0.2, 0.25) is 0 Å². The largest absolute Gasteiger partial charge is 0.481 e. The highest BCUT2D eigenvalue weighted by atomic mass is 16.4. The Morgan fingerprint density at radius 3 is 2.39 bits per heavy atom. The molecule has 18 heavy (non-hydrogen) atoms. The maximum atomic E-state index is 11.9. The van der Waals surface area contributed by atoms with Gasteiger partial charge in [-0.3, -0.25) is 9.59 Å². The number of likely N-dealkylation sites (tertiary alicyclic amines) is 1. The SMILES string of the molecule is CCNC(=O)CN(CC)C(=O)N1CC(C(=O)O)C1. The lowest BCUT2D eigenvalue weighted by Crippen LogP contribution is -2.58. The highest BCUT2D eigenvalue weighted by Gasteiger charge is 2.37. The van der Waals surface area contributed by atoms with Gasteiger partial charge in [-0.1, -0.05) is 0 Å². The first-order valence-electron chi connectivity index (χ1n) is 6.02. The van der Waals surface area contributed by atoms with Crippen LogP contribution in [0.4, 0.5) is 4.79 Å². The predicted molar refractivity (Wildman–Crippen MR) is 64.0 cm³/mol. The van der Waals surface area contributed by atoms with E-state index in [1.165, 1.54) is 9.80 Å². The first-order chi connectivity index (χ1) is 8.49. The lowest BCUT2D eigenvalue weighted by atomic mass is 10.0. The molecule has 102 valence electrons. The summed E-state index contributed by atoms with van der Waals surface area (Å²) >= 11 is 0. The van der Waals surface area contributed by atoms with E-state index in [9.17, 15) is 14.4 Å². The molecule has 0 unspecified atom stereocenters. The van der Waals surface area contributed by atoms with Gasteiger partial charge in [0, 0.05) is 26.2 Å². The summed E-state index contributed by atoms with van der Waals surface area (Å²) < 4.78 is 0. The standard InChI is InChI=1S/C11H19N3O4/c1-3-12-9(15)7-13(4-2)11(18)14-5-8(6-14)10(16)17/h8H,3-7H2,1-2H3,(H,12,15)(H,16,17). The average molecular weight is 257 g/mol. The van der Waals surface area contributed by atoms with Crippen LogP contribution in [-0.2, 0) is 9.59 Å². The van der Waals surface area contributed by atoms with Crippen molar-refractivity contribution in [1.29, 1.82) is 0 Å². The minimum atomic E-state index is -0.883. The zero-order valence-electron chi connectivity index (χ0n) is 10.7. The number of carbonyl (C=O) groups excluding carboxylic acids is 2. The smallest absolute Gasteiger partial charge is 0.320 e. The fourth-order valence-electron chi connectivity index (χ4n) is 1.73. The summed E-state index contributed by atoms with van der Waals surface area (Å²) in [6.45, 7) is 4.99. The normalized spacial score (nSPS) is 14.9. The fourth-order valence-corrected chi connectivity index (χ4v) is 1.73. The maximum Gasteiger partial charge on any atom is 0.320 e. The Morgan fingerprint density at radius 1 is 1.33 bits per heavy atom. The van der Waals surface area contributed by atoms with Crippen molar-refractivity contribution in [2.45, 2.75) is 13.8 Å². The number of nitrogens with one attached hydrogen (secondary N) is 1. The van der Waals surface area contributed by atoms with E-state index in [0.717, 1.165) is 0 Å². The van der Waals surface area contributed by atoms with E-state index >= 15 is 0 Å². The van der Waals surface area contributed by atoms with E-state index in [0.29, 0.717) is 13.1 Å². The zero-order chi connectivity index (χ0) is 13.7. The summed E-state index contributed by atoms with van der Waals surface area (Å²) in [6.07, 6.45) is 0. The summed E-state index contributed by atoms with van der Waals surface area (Å²) in [5.74, 6) is -1.56. The van der Waals surface area contributed by atoms with Crippen molar-refractivity contribution in [3.05, 3.63) is 0 Å². The van der Waals surface area contributed by atoms with Gasteiger partial charge in [-0.05, 0) is 13.8 Å². The van der Waals surface area contributed by atoms with Crippen LogP contribution in [0.25, 0.3) is 0 Å². The number of urea groups is 1. The van der Waals surface area contributed by atoms with Crippen LogP contribution in [0, 0.1) is 5.92 Å². The van der Waals surface area contributed by atoms with E-state index < -0.39 is 11.9 Å². The van der Waals surface area contributed by atoms with Gasteiger partial charge in [0.2, 0.25) is 5.91 Å². The number of carboxylic acids is 1. The molecule has 0 aromatic heterocycles. The number of hydrogen-bond donors (Lipinski definition) is 2. The topological polar surface area (TPSA) is 90.0 Å². The molecule has 3 amide bonds. The van der Waals surface area contributed by atoms with Crippen molar-refractivity contribution in [3.8, 4) is 0 Å². The second-order valence-corrected chi connectivity index (χ2v) is 4.19. The Labute approximate surface area is 106 Å². The van der Waals surface area contributed by atoms with Gasteiger partial charge in [0.1, 0.15) is 6.54 Å². The molecule has 2 N–H and O–H groups in total. The van der Waals surface area contributed by atoms with E-state index in [4.69, 9.17) is 5.11 Å². The van der Waals surface area contributed by atoms with Crippen molar-refractivity contribution in [1.82, 2.24) is 15.1 Å². The van der Waals surface area contributed by atoms with E-state index in [-0.39, 0.29) is 31.6 Å². The predicted octanol–water partition coefficient (Wildman–Crippen LogP) is -0.419. The van der Waals surface area contributed by atoms with Crippen molar-refractivity contribution >= 4 is 17.9 Å². The Morgan fingerprint density at radius 2 is 1.94 bits per heavy atom. The Balaban J connectivity index is 2.44. The van der Waals surface area contributed by atoms with Gasteiger partial charge in [0.15, 0.2) is 0 Å². The molecule has 1 fully saturated rings. The third kappa shape index (κ3) is 3.35. The molecular formula is C11H19N3O4. The van der Waals surface area contributed by atoms with Gasteiger partial charge in [0.25, 0.3) is 0 Å². The van der Waals surface area contributed by atoms with E-state index in [1.54, 1.807) is 6.92 Å². The van der Waals surface area contributed by atoms with Crippen LogP contribution in [0.1, 0.15) is 13.8 Å². The molecule has 0 spiro atoms. The molecule has 1 heterocycles. The van der Waals surface area contributed by atoms with Crippen molar-refractivity contribution < 1.29 is 19.5 Å². The number of rotatable bonds is 5. The molecule has 1 aliphatic heterocycles. The van der Waals surface area contributed by atoms with Crippen LogP contribution >= 0.6 is 0 Å². The molecule has 1 aliphatic rings. The summed E-state index contributed by atoms with van der Waals surface area (Å²) in [7, 11) is 0. The Hall–Kier alpha value is -1.79. The second kappa shape index (κ2) is 6.23. The van der Waals surface area contributed by atoms with Gasteiger partial charge in [-0.2, -0.15) is 0 Å². The Kier molecular flexibility index (Phi) is 4.94. The number of aliphatic carboxylic acids is 1. The van der Waals surface area contributed by atoms with Gasteiger partial charge in [-0.15, -0.1) is 0 Å². The average Bonchev–Trinajstić information content (AvgIpc) is 2.23. The van der Waals surface area contributed by atoms with Gasteiger partial charge >= 0.3 is 12.0 Å². The lowest BCUT2D eigenvalue weighted by molar-refractivity contribution is -0.146. The number of nitrogens with zero attached hydrogens (tertiary/aromatic N) is 2. The first-order valence-corrected chi connectivity index (χ1v) is 6.02. The van der Waals surface area contributed by atoms with Gasteiger partial charge in [-0.25, -0.2) is 4.79 Å². The van der Waals surface area contributed by atoms with E-state index in [2.05, 4.69) is 5.32 Å². The number of hydrogen-bond acceptors (Lipinski definition) is 3. The summed E-state index contributed by atoms with van der Waals surface area (Å²) in [5, 5.41) is 11.4. The number of likely N-dealkylation sites (N-methyl/N-ethyl adjacent to an activating group) is 2. The molecule has 0 aromatic rings. The zero-order valence-corrected chi connectivity index (χ0v) is 10.7. The molecule has 1 saturated heterocycles. The molecule has 1 rings (SSSR count). The Bertz CT molecular complexity index is 339. The monoisotopic (exact) mass is 257 g/mol. The molecule has 0 aromatic carbocycles. The third-order valence-corrected chi connectivity index (χ3v) is 2.86. The van der Waals surface area contributed by atoms with Crippen LogP contribution in [-0.4, -0.2) is 65.5 Å². The number of carboxylic acid groups (broad SMARTS) is 1. The van der Waals surface area contributed by atoms with Crippen molar-refractivity contribution in [2.24, 2.45) is 5.92 Å². The molecule has 0 saturated carbocycles. The fraction of sp³-hybridized carbons (Fsp3) is 0.727. The van der Waals surface area contributed by atoms with E-state index in [1.807, 2.05) is 6.92 Å². The third-order valence-electron chi connectivity index (χ3n) is 2.86. The summed E-state index contributed by atoms with van der Waals surface area (Å²) in [6, 6.07) is -0.277. The van der Waals surface area contributed by atoms with Gasteiger partial charge < -0.3 is 20.2 Å². The summed E-state index contributed by atoms with van der Waals surface area (Å²) in [5.41, 5.74) is 0. The molecule has 0 radical (unpaired) electrons. The quantitative estimate of drug-likeness (QED) is 0.700. The number of amides is 3. The van der Waals surface area contributed by atoms with Crippen LogP contribution < -0.4 is 5.32 Å². The van der Waals surface area contributed by atoms with Crippen molar-refractivity contribution in [3.63, 3.8) is 0 Å². The number of carbonyl (C=O) groups is 3. The molecule has 7 heteroatoms. The van der Waals surface area contributed by atoms with Crippen molar-refractivity contribution in [2.75, 3.05) is 32.7 Å². The van der Waals surface area contributed by atoms with Crippen LogP contribution in [0.5, 0.6) is 0 Å². The lowest BCUT2D eigenvalue weighted by Gasteiger charge is -2.39. The first kappa shape index (κ1) is 14.3. The highest BCUT2D eigenvalue weighted by Crippen LogP contribution is 2.17.